The summed E-state index contributed by atoms with van der Waals surface area (Å²) in [5.74, 6) is -4.15. The van der Waals surface area contributed by atoms with Gasteiger partial charge in [0.15, 0.2) is 6.08 Å². The molecular weight excluding hydrogens is 385 g/mol. The number of rotatable bonds is 5. The van der Waals surface area contributed by atoms with Crippen LogP contribution < -0.4 is 5.73 Å². The van der Waals surface area contributed by atoms with Crippen molar-refractivity contribution in [3.8, 4) is 0 Å². The van der Waals surface area contributed by atoms with Crippen LogP contribution in [0.5, 0.6) is 0 Å². The number of carbonyl (C=O) groups is 1. The normalized spacial score (nSPS) is 20.7. The number of nitrogens with two attached hydrogens (primary N) is 1. The van der Waals surface area contributed by atoms with Crippen molar-refractivity contribution in [2.45, 2.75) is 11.8 Å². The van der Waals surface area contributed by atoms with E-state index in [1.165, 1.54) is 12.1 Å². The second-order valence-electron chi connectivity index (χ2n) is 5.33. The zero-order valence-corrected chi connectivity index (χ0v) is 14.7. The Labute approximate surface area is 155 Å². The Morgan fingerprint density at radius 1 is 1.23 bits per heavy atom. The lowest BCUT2D eigenvalue weighted by Crippen LogP contribution is -2.16. The zero-order valence-electron chi connectivity index (χ0n) is 14.1. The van der Waals surface area contributed by atoms with E-state index in [2.05, 4.69) is 0 Å². The molecule has 0 amide bonds. The van der Waals surface area contributed by atoms with Gasteiger partial charge in [0.2, 0.25) is 17.4 Å². The summed E-state index contributed by atoms with van der Waals surface area (Å²) in [5, 5.41) is -0.512. The van der Waals surface area contributed by atoms with Gasteiger partial charge in [-0.3, -0.25) is 4.79 Å². The highest BCUT2D eigenvalue weighted by Crippen LogP contribution is 2.36. The van der Waals surface area contributed by atoms with E-state index in [-0.39, 0.29) is 5.56 Å². The molecular formula is C17H13ClFNO5S. The second-order valence-corrected chi connectivity index (χ2v) is 7.27. The molecule has 9 heteroatoms. The molecule has 0 bridgehead atoms. The van der Waals surface area contributed by atoms with E-state index < -0.39 is 50.2 Å². The molecule has 0 radical (unpaired) electrons. The van der Waals surface area contributed by atoms with Crippen molar-refractivity contribution < 1.29 is 27.9 Å². The molecule has 0 aromatic heterocycles. The average molecular weight is 399 g/mol. The first kappa shape index (κ1) is 16.9. The van der Waals surface area contributed by atoms with Gasteiger partial charge in [0.25, 0.3) is 0 Å². The van der Waals surface area contributed by atoms with Crippen molar-refractivity contribution in [1.82, 2.24) is 0 Å². The highest BCUT2D eigenvalue weighted by Gasteiger charge is 2.40. The van der Waals surface area contributed by atoms with Gasteiger partial charge < -0.3 is 14.7 Å². The van der Waals surface area contributed by atoms with Crippen molar-refractivity contribution in [1.29, 1.82) is 0 Å². The number of ketones is 1. The quantitative estimate of drug-likeness (QED) is 0.778. The molecule has 0 aliphatic carbocycles. The van der Waals surface area contributed by atoms with Crippen molar-refractivity contribution in [3.05, 3.63) is 82.1 Å². The SMILES string of the molecule is [2H][C@]1(c2cccc(F)c2Cl)OC(N)=C(OS(=O)(=O)Cc2ccccc2)C1=O. The van der Waals surface area contributed by atoms with Crippen LogP contribution in [0.15, 0.2) is 60.2 Å². The summed E-state index contributed by atoms with van der Waals surface area (Å²) in [7, 11) is -4.26. The minimum atomic E-state index is -4.26. The number of hydrogen-bond acceptors (Lipinski definition) is 6. The van der Waals surface area contributed by atoms with Crippen LogP contribution in [0.25, 0.3) is 0 Å². The predicted octanol–water partition coefficient (Wildman–Crippen LogP) is 2.79. The molecule has 1 aliphatic rings. The Balaban J connectivity index is 1.88. The molecule has 3 rings (SSSR count). The molecule has 2 aromatic carbocycles. The molecule has 0 unspecified atom stereocenters. The van der Waals surface area contributed by atoms with Gasteiger partial charge in [-0.05, 0) is 11.6 Å². The summed E-state index contributed by atoms with van der Waals surface area (Å²) >= 11 is 5.82. The van der Waals surface area contributed by atoms with E-state index in [1.54, 1.807) is 30.3 Å². The lowest BCUT2D eigenvalue weighted by molar-refractivity contribution is -0.123. The maximum absolute atomic E-state index is 13.7. The third kappa shape index (κ3) is 3.66. The van der Waals surface area contributed by atoms with Gasteiger partial charge in [0.1, 0.15) is 11.6 Å². The first-order valence-corrected chi connectivity index (χ1v) is 9.24. The third-order valence-corrected chi connectivity index (χ3v) is 4.93. The predicted molar refractivity (Wildman–Crippen MR) is 91.6 cm³/mol. The average Bonchev–Trinajstić information content (AvgIpc) is 2.81. The van der Waals surface area contributed by atoms with Gasteiger partial charge in [0, 0.05) is 5.56 Å². The molecule has 0 saturated heterocycles. The van der Waals surface area contributed by atoms with Gasteiger partial charge in [0.05, 0.1) is 6.39 Å². The number of Topliss-reactive ketones (excluding diaryl/α,β-unsaturated/α-hetero) is 1. The van der Waals surface area contributed by atoms with Crippen LogP contribution in [0.4, 0.5) is 4.39 Å². The van der Waals surface area contributed by atoms with Crippen LogP contribution >= 0.6 is 11.6 Å². The monoisotopic (exact) mass is 398 g/mol. The van der Waals surface area contributed by atoms with Crippen LogP contribution in [0, 0.1) is 5.82 Å². The minimum absolute atomic E-state index is 0.323. The maximum atomic E-state index is 13.7. The Morgan fingerprint density at radius 2 is 1.92 bits per heavy atom. The first-order chi connectivity index (χ1) is 12.6. The van der Waals surface area contributed by atoms with E-state index in [9.17, 15) is 17.6 Å². The summed E-state index contributed by atoms with van der Waals surface area (Å²) in [6.45, 7) is 0. The highest BCUT2D eigenvalue weighted by atomic mass is 35.5. The summed E-state index contributed by atoms with van der Waals surface area (Å²) in [4.78, 5) is 12.6. The smallest absolute Gasteiger partial charge is 0.313 e. The fourth-order valence-electron chi connectivity index (χ4n) is 2.29. The van der Waals surface area contributed by atoms with E-state index in [4.69, 9.17) is 27.6 Å². The van der Waals surface area contributed by atoms with Crippen LogP contribution in [0.3, 0.4) is 0 Å². The maximum Gasteiger partial charge on any atom is 0.313 e. The van der Waals surface area contributed by atoms with E-state index >= 15 is 0 Å². The van der Waals surface area contributed by atoms with Crippen LogP contribution in [-0.4, -0.2) is 14.2 Å². The molecule has 1 heterocycles. The van der Waals surface area contributed by atoms with Crippen molar-refractivity contribution >= 4 is 27.5 Å². The van der Waals surface area contributed by atoms with E-state index in [1.807, 2.05) is 0 Å². The Morgan fingerprint density at radius 3 is 2.62 bits per heavy atom. The van der Waals surface area contributed by atoms with Crippen molar-refractivity contribution in [2.24, 2.45) is 5.73 Å². The molecule has 26 heavy (non-hydrogen) atoms. The largest absolute Gasteiger partial charge is 0.460 e. The second kappa shape index (κ2) is 6.97. The van der Waals surface area contributed by atoms with Crippen LogP contribution in [0.2, 0.25) is 5.02 Å². The molecule has 2 aromatic rings. The first-order valence-electron chi connectivity index (χ1n) is 7.78. The zero-order chi connectivity index (χ0) is 19.8. The highest BCUT2D eigenvalue weighted by molar-refractivity contribution is 7.86. The topological polar surface area (TPSA) is 95.7 Å². The summed E-state index contributed by atoms with van der Waals surface area (Å²) < 4.78 is 56.3. The van der Waals surface area contributed by atoms with Gasteiger partial charge in [-0.2, -0.15) is 8.42 Å². The van der Waals surface area contributed by atoms with Crippen LogP contribution in [-0.2, 0) is 29.6 Å². The van der Waals surface area contributed by atoms with E-state index in [0.717, 1.165) is 6.07 Å². The molecule has 0 fully saturated rings. The minimum Gasteiger partial charge on any atom is -0.460 e. The number of carbonyl (C=O) groups excluding carboxylic acids is 1. The van der Waals surface area contributed by atoms with Crippen molar-refractivity contribution in [3.63, 3.8) is 0 Å². The van der Waals surface area contributed by atoms with Crippen LogP contribution in [0.1, 0.15) is 18.6 Å². The number of halogens is 2. The third-order valence-electron chi connectivity index (χ3n) is 3.44. The number of hydrogen-bond donors (Lipinski definition) is 1. The molecule has 1 aliphatic heterocycles. The van der Waals surface area contributed by atoms with Gasteiger partial charge >= 0.3 is 10.1 Å². The number of ether oxygens (including phenoxy) is 1. The number of benzene rings is 2. The summed E-state index contributed by atoms with van der Waals surface area (Å²) in [5.41, 5.74) is 5.66. The van der Waals surface area contributed by atoms with Gasteiger partial charge in [-0.25, -0.2) is 4.39 Å². The fraction of sp³-hybridized carbons (Fsp3) is 0.118. The standard InChI is InChI=1S/C17H13ClFNO5S/c18-13-11(7-4-8-12(13)19)15-14(21)16(17(20)24-15)25-26(22,23)9-10-5-2-1-3-6-10/h1-8,15H,9,20H2/t15-/m1/s1/i15D. The summed E-state index contributed by atoms with van der Waals surface area (Å²) in [6, 6.07) is 11.6. The van der Waals surface area contributed by atoms with Gasteiger partial charge in [-0.1, -0.05) is 54.1 Å². The molecule has 2 N–H and O–H groups in total. The van der Waals surface area contributed by atoms with Gasteiger partial charge in [-0.15, -0.1) is 0 Å². The Hall–Kier alpha value is -2.58. The fourth-order valence-corrected chi connectivity index (χ4v) is 3.57. The Kier molecular flexibility index (Phi) is 4.52. The molecule has 136 valence electrons. The molecule has 0 spiro atoms. The van der Waals surface area contributed by atoms with E-state index in [0.29, 0.717) is 5.56 Å². The Bertz CT molecular complexity index is 1040. The molecule has 1 atom stereocenters. The molecule has 0 saturated carbocycles. The lowest BCUT2D eigenvalue weighted by Gasteiger charge is -2.12. The lowest BCUT2D eigenvalue weighted by atomic mass is 10.1. The molecule has 6 nitrogen and oxygen atoms in total. The van der Waals surface area contributed by atoms with Crippen molar-refractivity contribution in [2.75, 3.05) is 0 Å². The summed E-state index contributed by atoms with van der Waals surface area (Å²) in [6.07, 6.45) is -2.55.